The lowest BCUT2D eigenvalue weighted by molar-refractivity contribution is -0.115. The van der Waals surface area contributed by atoms with Gasteiger partial charge in [0.25, 0.3) is 5.91 Å². The molecule has 3 aromatic rings. The second-order valence-corrected chi connectivity index (χ2v) is 8.88. The average Bonchev–Trinajstić information content (AvgIpc) is 2.82. The number of carbonyl (C=O) groups excluding carboxylic acids is 2. The van der Waals surface area contributed by atoms with E-state index in [9.17, 15) is 9.59 Å². The van der Waals surface area contributed by atoms with Gasteiger partial charge in [0.1, 0.15) is 0 Å². The summed E-state index contributed by atoms with van der Waals surface area (Å²) in [5.41, 5.74) is 3.10. The number of amides is 2. The van der Waals surface area contributed by atoms with Crippen LogP contribution in [0.4, 0.5) is 5.69 Å². The molecule has 0 saturated carbocycles. The van der Waals surface area contributed by atoms with Crippen molar-refractivity contribution in [1.29, 1.82) is 0 Å². The van der Waals surface area contributed by atoms with Crippen LogP contribution in [0.25, 0.3) is 10.8 Å². The topological polar surface area (TPSA) is 82.3 Å². The van der Waals surface area contributed by atoms with Gasteiger partial charge < -0.3 is 21.3 Å². The molecule has 6 heteroatoms. The number of aryl methyl sites for hydroxylation is 1. The standard InChI is InChI=1S/C24H27N3O2.C4H11N/c1-16(2)25-15-23(28)27-20-12-11-17(3)22(13-20)24(29)26-14-19-9-6-8-18-7-4-5-10-21(18)19;1-4(2)5-3/h4-13,16,25H,14-15H2,1-3H3,(H,26,29)(H,27,28);4-5H,1-3H3. The molecule has 0 atom stereocenters. The maximum absolute atomic E-state index is 12.8. The highest BCUT2D eigenvalue weighted by atomic mass is 16.2. The molecule has 0 fully saturated rings. The molecule has 3 aromatic carbocycles. The Morgan fingerprint density at radius 1 is 0.882 bits per heavy atom. The van der Waals surface area contributed by atoms with Crippen molar-refractivity contribution in [3.05, 3.63) is 77.4 Å². The number of rotatable bonds is 8. The third kappa shape index (κ3) is 8.61. The summed E-state index contributed by atoms with van der Waals surface area (Å²) in [6, 6.07) is 20.4. The van der Waals surface area contributed by atoms with E-state index in [1.165, 1.54) is 0 Å². The van der Waals surface area contributed by atoms with Gasteiger partial charge in [0.05, 0.1) is 6.54 Å². The Morgan fingerprint density at radius 2 is 1.56 bits per heavy atom. The van der Waals surface area contributed by atoms with Gasteiger partial charge >= 0.3 is 0 Å². The molecular weight excluding hydrogens is 424 g/mol. The molecule has 0 bridgehead atoms. The fourth-order valence-electron chi connectivity index (χ4n) is 3.16. The minimum atomic E-state index is -0.160. The normalized spacial score (nSPS) is 10.7. The average molecular weight is 463 g/mol. The molecule has 4 N–H and O–H groups in total. The van der Waals surface area contributed by atoms with Gasteiger partial charge in [0, 0.05) is 29.9 Å². The van der Waals surface area contributed by atoms with Gasteiger partial charge in [-0.25, -0.2) is 0 Å². The van der Waals surface area contributed by atoms with E-state index in [1.54, 1.807) is 6.07 Å². The Bertz CT molecular complexity index is 1090. The van der Waals surface area contributed by atoms with Crippen LogP contribution < -0.4 is 21.3 Å². The van der Waals surface area contributed by atoms with E-state index in [4.69, 9.17) is 0 Å². The smallest absolute Gasteiger partial charge is 0.251 e. The van der Waals surface area contributed by atoms with E-state index in [0.717, 1.165) is 21.9 Å². The maximum Gasteiger partial charge on any atom is 0.251 e. The molecule has 0 heterocycles. The van der Waals surface area contributed by atoms with E-state index < -0.39 is 0 Å². The molecule has 0 unspecified atom stereocenters. The van der Waals surface area contributed by atoms with Gasteiger partial charge in [0.15, 0.2) is 0 Å². The van der Waals surface area contributed by atoms with Crippen LogP contribution in [-0.2, 0) is 11.3 Å². The molecule has 0 saturated heterocycles. The largest absolute Gasteiger partial charge is 0.348 e. The molecule has 0 radical (unpaired) electrons. The maximum atomic E-state index is 12.8. The quantitative estimate of drug-likeness (QED) is 0.393. The molecular formula is C28H38N4O2. The van der Waals surface area contributed by atoms with Gasteiger partial charge in [-0.3, -0.25) is 9.59 Å². The van der Waals surface area contributed by atoms with E-state index >= 15 is 0 Å². The van der Waals surface area contributed by atoms with Crippen molar-refractivity contribution in [2.24, 2.45) is 0 Å². The third-order valence-corrected chi connectivity index (χ3v) is 5.33. The SMILES string of the molecule is CNC(C)C.Cc1ccc(NC(=O)CNC(C)C)cc1C(=O)NCc1cccc2ccccc12. The number of benzene rings is 3. The van der Waals surface area contributed by atoms with Gasteiger partial charge in [-0.05, 0) is 48.0 Å². The fraction of sp³-hybridized carbons (Fsp3) is 0.357. The number of hydrogen-bond donors (Lipinski definition) is 4. The summed E-state index contributed by atoms with van der Waals surface area (Å²) in [5, 5.41) is 14.2. The zero-order valence-corrected chi connectivity index (χ0v) is 21.2. The van der Waals surface area contributed by atoms with Crippen LogP contribution in [0.15, 0.2) is 60.7 Å². The Balaban J connectivity index is 0.000000739. The molecule has 34 heavy (non-hydrogen) atoms. The summed E-state index contributed by atoms with van der Waals surface area (Å²) < 4.78 is 0. The molecule has 0 aliphatic carbocycles. The molecule has 3 rings (SSSR count). The van der Waals surface area contributed by atoms with Crippen molar-refractivity contribution in [3.63, 3.8) is 0 Å². The number of nitrogens with one attached hydrogen (secondary N) is 4. The zero-order chi connectivity index (χ0) is 25.1. The fourth-order valence-corrected chi connectivity index (χ4v) is 3.16. The molecule has 0 spiro atoms. The molecule has 0 aromatic heterocycles. The lowest BCUT2D eigenvalue weighted by Gasteiger charge is -2.13. The van der Waals surface area contributed by atoms with E-state index in [2.05, 4.69) is 53.3 Å². The van der Waals surface area contributed by atoms with Crippen LogP contribution in [0.3, 0.4) is 0 Å². The van der Waals surface area contributed by atoms with Gasteiger partial charge in [-0.15, -0.1) is 0 Å². The van der Waals surface area contributed by atoms with Crippen molar-refractivity contribution in [3.8, 4) is 0 Å². The third-order valence-electron chi connectivity index (χ3n) is 5.33. The van der Waals surface area contributed by atoms with Crippen LogP contribution in [-0.4, -0.2) is 37.5 Å². The summed E-state index contributed by atoms with van der Waals surface area (Å²) in [6.45, 7) is 10.7. The van der Waals surface area contributed by atoms with Crippen LogP contribution >= 0.6 is 0 Å². The predicted molar refractivity (Wildman–Crippen MR) is 142 cm³/mol. The minimum absolute atomic E-state index is 0.135. The van der Waals surface area contributed by atoms with Crippen LogP contribution in [0, 0.1) is 6.92 Å². The Morgan fingerprint density at radius 3 is 2.24 bits per heavy atom. The molecule has 182 valence electrons. The lowest BCUT2D eigenvalue weighted by Crippen LogP contribution is -2.32. The summed E-state index contributed by atoms with van der Waals surface area (Å²) >= 11 is 0. The van der Waals surface area contributed by atoms with Crippen molar-refractivity contribution >= 4 is 28.3 Å². The second kappa shape index (κ2) is 13.5. The number of fused-ring (bicyclic) bond motifs is 1. The first-order valence-corrected chi connectivity index (χ1v) is 11.8. The number of carbonyl (C=O) groups is 2. The highest BCUT2D eigenvalue weighted by Crippen LogP contribution is 2.19. The Labute approximate surface area is 203 Å². The van der Waals surface area contributed by atoms with Crippen molar-refractivity contribution < 1.29 is 9.59 Å². The van der Waals surface area contributed by atoms with E-state index in [-0.39, 0.29) is 24.4 Å². The minimum Gasteiger partial charge on any atom is -0.348 e. The first-order valence-electron chi connectivity index (χ1n) is 11.8. The van der Waals surface area contributed by atoms with Gasteiger partial charge in [-0.1, -0.05) is 76.2 Å². The molecule has 6 nitrogen and oxygen atoms in total. The van der Waals surface area contributed by atoms with Gasteiger partial charge in [-0.2, -0.15) is 0 Å². The monoisotopic (exact) mass is 462 g/mol. The number of hydrogen-bond acceptors (Lipinski definition) is 4. The van der Waals surface area contributed by atoms with E-state index in [1.807, 2.05) is 64.2 Å². The summed E-state index contributed by atoms with van der Waals surface area (Å²) in [4.78, 5) is 24.8. The Kier molecular flexibility index (Phi) is 10.7. The summed E-state index contributed by atoms with van der Waals surface area (Å²) in [5.74, 6) is -0.295. The predicted octanol–water partition coefficient (Wildman–Crippen LogP) is 4.63. The van der Waals surface area contributed by atoms with Crippen molar-refractivity contribution in [2.75, 3.05) is 18.9 Å². The summed E-state index contributed by atoms with van der Waals surface area (Å²) in [6.07, 6.45) is 0. The van der Waals surface area contributed by atoms with Crippen molar-refractivity contribution in [1.82, 2.24) is 16.0 Å². The zero-order valence-electron chi connectivity index (χ0n) is 21.2. The first kappa shape index (κ1) is 27.0. The van der Waals surface area contributed by atoms with Crippen LogP contribution in [0.5, 0.6) is 0 Å². The number of anilines is 1. The molecule has 0 aliphatic heterocycles. The van der Waals surface area contributed by atoms with E-state index in [0.29, 0.717) is 23.8 Å². The highest BCUT2D eigenvalue weighted by molar-refractivity contribution is 5.99. The van der Waals surface area contributed by atoms with Crippen LogP contribution in [0.2, 0.25) is 0 Å². The molecule has 0 aliphatic rings. The Hall–Kier alpha value is -3.22. The van der Waals surface area contributed by atoms with Crippen LogP contribution in [0.1, 0.15) is 49.2 Å². The summed E-state index contributed by atoms with van der Waals surface area (Å²) in [7, 11) is 1.95. The van der Waals surface area contributed by atoms with Gasteiger partial charge in [0.2, 0.25) is 5.91 Å². The highest BCUT2D eigenvalue weighted by Gasteiger charge is 2.12. The lowest BCUT2D eigenvalue weighted by atomic mass is 10.0. The van der Waals surface area contributed by atoms with Crippen molar-refractivity contribution in [2.45, 2.75) is 53.2 Å². The first-order chi connectivity index (χ1) is 16.2. The molecule has 2 amide bonds. The second-order valence-electron chi connectivity index (χ2n) is 8.88.